The molecule has 0 unspecified atom stereocenters. The fourth-order valence-electron chi connectivity index (χ4n) is 2.99. The lowest BCUT2D eigenvalue weighted by Gasteiger charge is -2.27. The van der Waals surface area contributed by atoms with Crippen LogP contribution in [-0.2, 0) is 23.8 Å². The van der Waals surface area contributed by atoms with Gasteiger partial charge in [-0.05, 0) is 19.8 Å². The zero-order chi connectivity index (χ0) is 11.8. The maximum atomic E-state index is 11.4. The summed E-state index contributed by atoms with van der Waals surface area (Å²) in [6, 6.07) is 0.530. The van der Waals surface area contributed by atoms with E-state index in [0.717, 1.165) is 49.7 Å². The van der Waals surface area contributed by atoms with Crippen LogP contribution in [0.25, 0.3) is 0 Å². The Bertz CT molecular complexity index is 445. The lowest BCUT2D eigenvalue weighted by Crippen LogP contribution is -2.28. The van der Waals surface area contributed by atoms with Gasteiger partial charge in [0.25, 0.3) is 0 Å². The molecule has 0 atom stereocenters. The van der Waals surface area contributed by atoms with Gasteiger partial charge in [0.2, 0.25) is 0 Å². The Kier molecular flexibility index (Phi) is 3.04. The molecular weight excluding hydrogens is 234 g/mol. The second kappa shape index (κ2) is 4.53. The third-order valence-electron chi connectivity index (χ3n) is 3.82. The molecular formula is C12H19N3OS. The van der Waals surface area contributed by atoms with Gasteiger partial charge in [-0.2, -0.15) is 0 Å². The van der Waals surface area contributed by atoms with Gasteiger partial charge >= 0.3 is 0 Å². The summed E-state index contributed by atoms with van der Waals surface area (Å²) in [6.45, 7) is 4.06. The van der Waals surface area contributed by atoms with E-state index in [1.54, 1.807) is 0 Å². The van der Waals surface area contributed by atoms with Crippen molar-refractivity contribution < 1.29 is 4.21 Å². The van der Waals surface area contributed by atoms with E-state index in [1.165, 1.54) is 11.4 Å². The number of aromatic nitrogens is 2. The Labute approximate surface area is 104 Å². The molecule has 1 aromatic rings. The number of rotatable bonds is 1. The summed E-state index contributed by atoms with van der Waals surface area (Å²) in [4.78, 5) is 4.67. The summed E-state index contributed by atoms with van der Waals surface area (Å²) in [6.07, 6.45) is 3.17. The lowest BCUT2D eigenvalue weighted by atomic mass is 10.1. The molecule has 1 aromatic heterocycles. The molecule has 0 radical (unpaired) electrons. The van der Waals surface area contributed by atoms with Gasteiger partial charge in [0.05, 0.1) is 5.69 Å². The van der Waals surface area contributed by atoms with Gasteiger partial charge in [-0.3, -0.25) is 4.21 Å². The topological polar surface area (TPSA) is 46.9 Å². The first-order chi connectivity index (χ1) is 8.25. The number of nitrogens with zero attached hydrogens (tertiary/aromatic N) is 2. The molecule has 0 aliphatic carbocycles. The van der Waals surface area contributed by atoms with Gasteiger partial charge in [-0.15, -0.1) is 0 Å². The molecule has 0 spiro atoms. The van der Waals surface area contributed by atoms with Crippen LogP contribution in [0.4, 0.5) is 0 Å². The Morgan fingerprint density at radius 3 is 2.94 bits per heavy atom. The van der Waals surface area contributed by atoms with Crippen LogP contribution in [0.15, 0.2) is 0 Å². The minimum atomic E-state index is -0.577. The first-order valence-electron chi connectivity index (χ1n) is 6.38. The van der Waals surface area contributed by atoms with Crippen molar-refractivity contribution in [2.45, 2.75) is 38.8 Å². The van der Waals surface area contributed by atoms with Crippen molar-refractivity contribution in [3.05, 3.63) is 17.2 Å². The van der Waals surface area contributed by atoms with E-state index in [-0.39, 0.29) is 0 Å². The Hall–Kier alpha value is -0.680. The summed E-state index contributed by atoms with van der Waals surface area (Å²) >= 11 is 0. The summed E-state index contributed by atoms with van der Waals surface area (Å²) in [5.74, 6) is 2.85. The molecule has 1 fully saturated rings. The number of nitrogens with one attached hydrogen (secondary N) is 1. The molecule has 0 aromatic carbocycles. The quantitative estimate of drug-likeness (QED) is 0.809. The van der Waals surface area contributed by atoms with Gasteiger partial charge in [0.15, 0.2) is 0 Å². The molecule has 17 heavy (non-hydrogen) atoms. The summed E-state index contributed by atoms with van der Waals surface area (Å²) < 4.78 is 13.9. The molecule has 0 saturated carbocycles. The standard InChI is InChI=1S/C12H19N3OS/c1-9-14-11-8-13-5-2-12(11)15(9)10-3-6-17(16)7-4-10/h10,13H,2-8H2,1H3. The van der Waals surface area contributed by atoms with Crippen LogP contribution in [0.2, 0.25) is 0 Å². The molecule has 3 rings (SSSR count). The van der Waals surface area contributed by atoms with Crippen molar-refractivity contribution in [1.29, 1.82) is 0 Å². The number of imidazole rings is 1. The van der Waals surface area contributed by atoms with Crippen LogP contribution in [-0.4, -0.2) is 31.8 Å². The maximum absolute atomic E-state index is 11.4. The summed E-state index contributed by atoms with van der Waals surface area (Å²) in [7, 11) is -0.577. The maximum Gasteiger partial charge on any atom is 0.106 e. The van der Waals surface area contributed by atoms with E-state index in [2.05, 4.69) is 21.8 Å². The van der Waals surface area contributed by atoms with Crippen LogP contribution < -0.4 is 5.32 Å². The predicted molar refractivity (Wildman–Crippen MR) is 68.5 cm³/mol. The molecule has 94 valence electrons. The smallest absolute Gasteiger partial charge is 0.106 e. The zero-order valence-electron chi connectivity index (χ0n) is 10.2. The Morgan fingerprint density at radius 1 is 1.41 bits per heavy atom. The normalized spacial score (nSPS) is 29.0. The molecule has 5 heteroatoms. The van der Waals surface area contributed by atoms with Gasteiger partial charge in [0, 0.05) is 53.6 Å². The molecule has 1 N–H and O–H groups in total. The molecule has 0 amide bonds. The van der Waals surface area contributed by atoms with Crippen LogP contribution in [0.1, 0.15) is 36.1 Å². The average Bonchev–Trinajstić information content (AvgIpc) is 2.66. The number of fused-ring (bicyclic) bond motifs is 1. The van der Waals surface area contributed by atoms with E-state index >= 15 is 0 Å². The average molecular weight is 253 g/mol. The van der Waals surface area contributed by atoms with Crippen molar-refractivity contribution in [2.75, 3.05) is 18.1 Å². The fourth-order valence-corrected chi connectivity index (χ4v) is 4.27. The minimum Gasteiger partial charge on any atom is -0.329 e. The van der Waals surface area contributed by atoms with Crippen molar-refractivity contribution in [3.8, 4) is 0 Å². The van der Waals surface area contributed by atoms with E-state index in [1.807, 2.05) is 0 Å². The largest absolute Gasteiger partial charge is 0.329 e. The Balaban J connectivity index is 1.91. The lowest BCUT2D eigenvalue weighted by molar-refractivity contribution is 0.434. The van der Waals surface area contributed by atoms with E-state index in [4.69, 9.17) is 0 Å². The molecule has 4 nitrogen and oxygen atoms in total. The third-order valence-corrected chi connectivity index (χ3v) is 5.21. The molecule has 2 aliphatic rings. The fraction of sp³-hybridized carbons (Fsp3) is 0.750. The predicted octanol–water partition coefficient (Wildman–Crippen LogP) is 0.921. The van der Waals surface area contributed by atoms with Crippen LogP contribution in [0.5, 0.6) is 0 Å². The van der Waals surface area contributed by atoms with Crippen LogP contribution in [0, 0.1) is 6.92 Å². The third kappa shape index (κ3) is 2.06. The minimum absolute atomic E-state index is 0.530. The van der Waals surface area contributed by atoms with E-state index in [0.29, 0.717) is 6.04 Å². The highest BCUT2D eigenvalue weighted by Crippen LogP contribution is 2.28. The van der Waals surface area contributed by atoms with Crippen molar-refractivity contribution in [1.82, 2.24) is 14.9 Å². The van der Waals surface area contributed by atoms with Crippen LogP contribution >= 0.6 is 0 Å². The second-order valence-corrected chi connectivity index (χ2v) is 6.62. The van der Waals surface area contributed by atoms with Gasteiger partial charge in [0.1, 0.15) is 5.82 Å². The molecule has 1 saturated heterocycles. The summed E-state index contributed by atoms with van der Waals surface area (Å²) in [5.41, 5.74) is 2.64. The van der Waals surface area contributed by atoms with Gasteiger partial charge < -0.3 is 9.88 Å². The Morgan fingerprint density at radius 2 is 2.18 bits per heavy atom. The highest BCUT2D eigenvalue weighted by molar-refractivity contribution is 7.85. The molecule has 3 heterocycles. The van der Waals surface area contributed by atoms with Crippen LogP contribution in [0.3, 0.4) is 0 Å². The first kappa shape index (κ1) is 11.4. The van der Waals surface area contributed by atoms with Crippen molar-refractivity contribution in [2.24, 2.45) is 0 Å². The highest BCUT2D eigenvalue weighted by Gasteiger charge is 2.25. The van der Waals surface area contributed by atoms with Crippen molar-refractivity contribution >= 4 is 10.8 Å². The second-order valence-electron chi connectivity index (χ2n) is 4.93. The SMILES string of the molecule is Cc1nc2c(n1C1CCS(=O)CC1)CCNC2. The molecule has 2 aliphatic heterocycles. The van der Waals surface area contributed by atoms with E-state index < -0.39 is 10.8 Å². The first-order valence-corrected chi connectivity index (χ1v) is 7.87. The zero-order valence-corrected chi connectivity index (χ0v) is 11.1. The van der Waals surface area contributed by atoms with E-state index in [9.17, 15) is 4.21 Å². The van der Waals surface area contributed by atoms with Gasteiger partial charge in [-0.1, -0.05) is 0 Å². The molecule has 0 bridgehead atoms. The summed E-state index contributed by atoms with van der Waals surface area (Å²) in [5, 5.41) is 3.37. The number of aryl methyl sites for hydroxylation is 1. The number of hydrogen-bond acceptors (Lipinski definition) is 3. The number of hydrogen-bond donors (Lipinski definition) is 1. The van der Waals surface area contributed by atoms with Gasteiger partial charge in [-0.25, -0.2) is 4.98 Å². The highest BCUT2D eigenvalue weighted by atomic mass is 32.2. The monoisotopic (exact) mass is 253 g/mol. The van der Waals surface area contributed by atoms with Crippen molar-refractivity contribution in [3.63, 3.8) is 0 Å².